The SMILES string of the molecule is C#CC[C@H](O)[C@@H]1CC[C@@H]([C@@H]2CC[C@@H]([C@@H](CCCCCCCCCC)OC(C)=O)O2)O1. The number of rotatable bonds is 14. The highest BCUT2D eigenvalue weighted by Gasteiger charge is 2.41. The van der Waals surface area contributed by atoms with Crippen LogP contribution in [0.15, 0.2) is 0 Å². The molecule has 0 aliphatic carbocycles. The zero-order valence-electron chi connectivity index (χ0n) is 19.0. The van der Waals surface area contributed by atoms with Crippen LogP contribution in [0.2, 0.25) is 0 Å². The van der Waals surface area contributed by atoms with E-state index < -0.39 is 6.10 Å². The minimum atomic E-state index is -0.604. The van der Waals surface area contributed by atoms with Crippen molar-refractivity contribution >= 4 is 5.97 Å². The summed E-state index contributed by atoms with van der Waals surface area (Å²) in [5.74, 6) is 2.27. The summed E-state index contributed by atoms with van der Waals surface area (Å²) < 4.78 is 18.0. The molecule has 2 saturated heterocycles. The number of aliphatic hydroxyl groups is 1. The lowest BCUT2D eigenvalue weighted by Gasteiger charge is -2.26. The van der Waals surface area contributed by atoms with Gasteiger partial charge >= 0.3 is 5.97 Å². The summed E-state index contributed by atoms with van der Waals surface area (Å²) in [5.41, 5.74) is 0. The van der Waals surface area contributed by atoms with Crippen molar-refractivity contribution in [3.05, 3.63) is 0 Å². The van der Waals surface area contributed by atoms with E-state index >= 15 is 0 Å². The quantitative estimate of drug-likeness (QED) is 0.244. The van der Waals surface area contributed by atoms with E-state index in [-0.39, 0.29) is 36.5 Å². The molecular weight excluding hydrogens is 380 g/mol. The van der Waals surface area contributed by atoms with Gasteiger partial charge in [0.15, 0.2) is 0 Å². The molecule has 0 radical (unpaired) electrons. The van der Waals surface area contributed by atoms with Crippen LogP contribution in [-0.2, 0) is 19.0 Å². The third-order valence-corrected chi connectivity index (χ3v) is 6.42. The van der Waals surface area contributed by atoms with Crippen molar-refractivity contribution in [2.45, 2.75) is 140 Å². The lowest BCUT2D eigenvalue weighted by Crippen LogP contribution is -2.34. The summed E-state index contributed by atoms with van der Waals surface area (Å²) in [4.78, 5) is 11.6. The normalized spacial score (nSPS) is 28.2. The van der Waals surface area contributed by atoms with Crippen LogP contribution in [0.4, 0.5) is 0 Å². The first kappa shape index (κ1) is 25.2. The van der Waals surface area contributed by atoms with Gasteiger partial charge in [-0.3, -0.25) is 4.79 Å². The Kier molecular flexibility index (Phi) is 11.8. The molecule has 0 unspecified atom stereocenters. The number of carbonyl (C=O) groups excluding carboxylic acids is 1. The molecule has 5 nitrogen and oxygen atoms in total. The molecule has 0 spiro atoms. The molecule has 0 bridgehead atoms. The van der Waals surface area contributed by atoms with Crippen molar-refractivity contribution < 1.29 is 24.1 Å². The van der Waals surface area contributed by atoms with E-state index in [2.05, 4.69) is 12.8 Å². The van der Waals surface area contributed by atoms with Crippen molar-refractivity contribution in [1.29, 1.82) is 0 Å². The summed E-state index contributed by atoms with van der Waals surface area (Å²) in [5, 5.41) is 10.1. The standard InChI is InChI=1S/C25H42O5/c1-4-6-7-8-9-10-11-12-14-22(28-19(3)26)23-17-18-25(30-23)24-16-15-21(29-24)20(27)13-5-2/h2,20-25,27H,4,6-18H2,1,3H3/t20-,21-,22+,23-,24-,25-/m0/s1. The van der Waals surface area contributed by atoms with Crippen LogP contribution in [0.1, 0.15) is 104 Å². The molecule has 0 aromatic rings. The largest absolute Gasteiger partial charge is 0.460 e. The van der Waals surface area contributed by atoms with Gasteiger partial charge < -0.3 is 19.3 Å². The third kappa shape index (κ3) is 8.57. The van der Waals surface area contributed by atoms with Gasteiger partial charge in [-0.05, 0) is 38.5 Å². The van der Waals surface area contributed by atoms with Crippen LogP contribution in [0.3, 0.4) is 0 Å². The number of hydrogen-bond acceptors (Lipinski definition) is 5. The lowest BCUT2D eigenvalue weighted by atomic mass is 10.0. The van der Waals surface area contributed by atoms with Crippen molar-refractivity contribution in [2.75, 3.05) is 0 Å². The summed E-state index contributed by atoms with van der Waals surface area (Å²) in [6.45, 7) is 3.72. The van der Waals surface area contributed by atoms with Gasteiger partial charge in [0.1, 0.15) is 6.10 Å². The zero-order valence-corrected chi connectivity index (χ0v) is 19.0. The summed E-state index contributed by atoms with van der Waals surface area (Å²) in [7, 11) is 0. The second-order valence-corrected chi connectivity index (χ2v) is 8.97. The molecule has 5 heteroatoms. The molecule has 0 saturated carbocycles. The van der Waals surface area contributed by atoms with E-state index in [4.69, 9.17) is 20.6 Å². The molecule has 6 atom stereocenters. The maximum absolute atomic E-state index is 11.6. The molecule has 2 heterocycles. The third-order valence-electron chi connectivity index (χ3n) is 6.42. The predicted octanol–water partition coefficient (Wildman–Crippen LogP) is 4.93. The molecule has 30 heavy (non-hydrogen) atoms. The number of ether oxygens (including phenoxy) is 3. The van der Waals surface area contributed by atoms with Crippen LogP contribution in [-0.4, -0.2) is 47.7 Å². The summed E-state index contributed by atoms with van der Waals surface area (Å²) in [6.07, 6.45) is 19.0. The van der Waals surface area contributed by atoms with Crippen molar-refractivity contribution in [3.63, 3.8) is 0 Å². The first-order valence-electron chi connectivity index (χ1n) is 12.1. The predicted molar refractivity (Wildman–Crippen MR) is 118 cm³/mol. The average Bonchev–Trinajstić information content (AvgIpc) is 3.38. The van der Waals surface area contributed by atoms with Crippen LogP contribution >= 0.6 is 0 Å². The molecule has 0 amide bonds. The number of carbonyl (C=O) groups is 1. The molecule has 0 aromatic carbocycles. The topological polar surface area (TPSA) is 65.0 Å². The summed E-state index contributed by atoms with van der Waals surface area (Å²) >= 11 is 0. The maximum Gasteiger partial charge on any atom is 0.302 e. The monoisotopic (exact) mass is 422 g/mol. The van der Waals surface area contributed by atoms with Gasteiger partial charge in [0, 0.05) is 13.3 Å². The second-order valence-electron chi connectivity index (χ2n) is 8.97. The molecule has 172 valence electrons. The Bertz CT molecular complexity index is 528. The lowest BCUT2D eigenvalue weighted by molar-refractivity contribution is -0.158. The Labute approximate surface area is 183 Å². The molecule has 2 aliphatic rings. The minimum absolute atomic E-state index is 0.00600. The number of aliphatic hydroxyl groups excluding tert-OH is 1. The van der Waals surface area contributed by atoms with Crippen molar-refractivity contribution in [1.82, 2.24) is 0 Å². The number of unbranched alkanes of at least 4 members (excludes halogenated alkanes) is 7. The van der Waals surface area contributed by atoms with E-state index in [0.717, 1.165) is 38.5 Å². The molecule has 1 N–H and O–H groups in total. The Morgan fingerprint density at radius 2 is 1.57 bits per heavy atom. The fraction of sp³-hybridized carbons (Fsp3) is 0.880. The Balaban J connectivity index is 1.72. The van der Waals surface area contributed by atoms with E-state index in [0.29, 0.717) is 6.42 Å². The van der Waals surface area contributed by atoms with Crippen LogP contribution in [0, 0.1) is 12.3 Å². The van der Waals surface area contributed by atoms with Gasteiger partial charge in [0.25, 0.3) is 0 Å². The fourth-order valence-electron chi connectivity index (χ4n) is 4.75. The Hall–Kier alpha value is -1.09. The number of terminal acetylenes is 1. The number of hydrogen-bond donors (Lipinski definition) is 1. The van der Waals surface area contributed by atoms with E-state index in [1.165, 1.54) is 51.9 Å². The molecule has 2 rings (SSSR count). The second kappa shape index (κ2) is 14.1. The van der Waals surface area contributed by atoms with Gasteiger partial charge in [-0.1, -0.05) is 51.9 Å². The molecule has 0 aromatic heterocycles. The van der Waals surface area contributed by atoms with Gasteiger partial charge in [0.05, 0.1) is 30.5 Å². The van der Waals surface area contributed by atoms with E-state index in [1.807, 2.05) is 0 Å². The Morgan fingerprint density at radius 3 is 2.17 bits per heavy atom. The molecule has 2 fully saturated rings. The van der Waals surface area contributed by atoms with Crippen LogP contribution < -0.4 is 0 Å². The number of esters is 1. The van der Waals surface area contributed by atoms with Crippen molar-refractivity contribution in [3.8, 4) is 12.3 Å². The highest BCUT2D eigenvalue weighted by Crippen LogP contribution is 2.35. The van der Waals surface area contributed by atoms with Gasteiger partial charge in [-0.2, -0.15) is 0 Å². The minimum Gasteiger partial charge on any atom is -0.460 e. The van der Waals surface area contributed by atoms with Crippen molar-refractivity contribution in [2.24, 2.45) is 0 Å². The molecular formula is C25H42O5. The highest BCUT2D eigenvalue weighted by atomic mass is 16.6. The molecule has 2 aliphatic heterocycles. The van der Waals surface area contributed by atoms with Gasteiger partial charge in [0.2, 0.25) is 0 Å². The first-order chi connectivity index (χ1) is 14.5. The van der Waals surface area contributed by atoms with Gasteiger partial charge in [-0.15, -0.1) is 12.3 Å². The van der Waals surface area contributed by atoms with Gasteiger partial charge in [-0.25, -0.2) is 0 Å². The van der Waals surface area contributed by atoms with E-state index in [1.54, 1.807) is 0 Å². The van der Waals surface area contributed by atoms with Crippen LogP contribution in [0.25, 0.3) is 0 Å². The highest BCUT2D eigenvalue weighted by molar-refractivity contribution is 5.66. The summed E-state index contributed by atoms with van der Waals surface area (Å²) in [6, 6.07) is 0. The Morgan fingerprint density at radius 1 is 1.00 bits per heavy atom. The fourth-order valence-corrected chi connectivity index (χ4v) is 4.75. The maximum atomic E-state index is 11.6. The smallest absolute Gasteiger partial charge is 0.302 e. The van der Waals surface area contributed by atoms with E-state index in [9.17, 15) is 9.90 Å². The zero-order chi connectivity index (χ0) is 21.8. The first-order valence-corrected chi connectivity index (χ1v) is 12.1. The average molecular weight is 423 g/mol. The van der Waals surface area contributed by atoms with Crippen LogP contribution in [0.5, 0.6) is 0 Å².